The molecule has 2 saturated heterocycles. The number of likely N-dealkylation sites (tertiary alicyclic amines) is 1. The van der Waals surface area contributed by atoms with Gasteiger partial charge in [-0.2, -0.15) is 0 Å². The molecule has 0 aliphatic carbocycles. The van der Waals surface area contributed by atoms with E-state index in [0.29, 0.717) is 42.6 Å². The molecule has 2 aliphatic rings. The number of hydrogen-bond acceptors (Lipinski definition) is 6. The second-order valence-corrected chi connectivity index (χ2v) is 8.16. The van der Waals surface area contributed by atoms with E-state index in [0.717, 1.165) is 52.1 Å². The number of piperazine rings is 1. The minimum absolute atomic E-state index is 0.0896. The SMILES string of the molecule is CCN1CCC[C@H]1CN(CCC(=O)N1CCNCC1)C(=O)c1cc(OC)cc(OC)c1. The number of likely N-dealkylation sites (N-methyl/N-ethyl adjacent to an activating group) is 1. The molecule has 1 atom stereocenters. The second kappa shape index (κ2) is 11.3. The Morgan fingerprint density at radius 3 is 2.39 bits per heavy atom. The molecule has 0 spiro atoms. The van der Waals surface area contributed by atoms with Crippen LogP contribution in [-0.2, 0) is 4.79 Å². The van der Waals surface area contributed by atoms with Gasteiger partial charge in [-0.3, -0.25) is 14.5 Å². The van der Waals surface area contributed by atoms with Crippen LogP contribution in [-0.4, -0.2) is 99.1 Å². The van der Waals surface area contributed by atoms with E-state index in [4.69, 9.17) is 9.47 Å². The minimum Gasteiger partial charge on any atom is -0.497 e. The molecule has 0 radical (unpaired) electrons. The Morgan fingerprint density at radius 2 is 1.77 bits per heavy atom. The average Bonchev–Trinajstić information content (AvgIpc) is 3.28. The smallest absolute Gasteiger partial charge is 0.254 e. The fourth-order valence-electron chi connectivity index (χ4n) is 4.46. The number of nitrogens with zero attached hydrogens (tertiary/aromatic N) is 3. The average molecular weight is 433 g/mol. The monoisotopic (exact) mass is 432 g/mol. The van der Waals surface area contributed by atoms with E-state index in [9.17, 15) is 9.59 Å². The summed E-state index contributed by atoms with van der Waals surface area (Å²) in [6.07, 6.45) is 2.56. The Labute approximate surface area is 185 Å². The number of benzene rings is 1. The zero-order valence-electron chi connectivity index (χ0n) is 19.1. The lowest BCUT2D eigenvalue weighted by Crippen LogP contribution is -2.48. The lowest BCUT2D eigenvalue weighted by atomic mass is 10.1. The molecule has 3 rings (SSSR count). The van der Waals surface area contributed by atoms with Crippen LogP contribution in [0.15, 0.2) is 18.2 Å². The highest BCUT2D eigenvalue weighted by Crippen LogP contribution is 2.25. The summed E-state index contributed by atoms with van der Waals surface area (Å²) in [6.45, 7) is 8.34. The maximum absolute atomic E-state index is 13.5. The summed E-state index contributed by atoms with van der Waals surface area (Å²) >= 11 is 0. The van der Waals surface area contributed by atoms with Crippen LogP contribution in [0.4, 0.5) is 0 Å². The molecular formula is C23H36N4O4. The van der Waals surface area contributed by atoms with Gasteiger partial charge in [-0.05, 0) is 38.1 Å². The highest BCUT2D eigenvalue weighted by molar-refractivity contribution is 5.95. The van der Waals surface area contributed by atoms with Crippen molar-refractivity contribution in [1.29, 1.82) is 0 Å². The first-order chi connectivity index (χ1) is 15.0. The third kappa shape index (κ3) is 6.11. The Bertz CT molecular complexity index is 729. The van der Waals surface area contributed by atoms with E-state index >= 15 is 0 Å². The maximum atomic E-state index is 13.5. The van der Waals surface area contributed by atoms with Gasteiger partial charge < -0.3 is 24.6 Å². The first kappa shape index (κ1) is 23.3. The fraction of sp³-hybridized carbons (Fsp3) is 0.652. The minimum atomic E-state index is -0.0896. The second-order valence-electron chi connectivity index (χ2n) is 8.16. The van der Waals surface area contributed by atoms with Gasteiger partial charge in [0.05, 0.1) is 14.2 Å². The molecule has 8 nitrogen and oxygen atoms in total. The van der Waals surface area contributed by atoms with E-state index in [-0.39, 0.29) is 11.8 Å². The lowest BCUT2D eigenvalue weighted by molar-refractivity contribution is -0.132. The van der Waals surface area contributed by atoms with Gasteiger partial charge >= 0.3 is 0 Å². The van der Waals surface area contributed by atoms with Crippen molar-refractivity contribution in [2.45, 2.75) is 32.2 Å². The highest BCUT2D eigenvalue weighted by Gasteiger charge is 2.29. The van der Waals surface area contributed by atoms with E-state index in [1.165, 1.54) is 0 Å². The standard InChI is InChI=1S/C23H36N4O4/c1-4-25-10-5-6-19(25)17-27(11-7-22(28)26-12-8-24-9-13-26)23(29)18-14-20(30-2)16-21(15-18)31-3/h14-16,19,24H,4-13,17H2,1-3H3/t19-/m0/s1. The van der Waals surface area contributed by atoms with Crippen molar-refractivity contribution in [1.82, 2.24) is 20.0 Å². The molecule has 1 aromatic carbocycles. The van der Waals surface area contributed by atoms with Crippen molar-refractivity contribution < 1.29 is 19.1 Å². The third-order valence-electron chi connectivity index (χ3n) is 6.29. The van der Waals surface area contributed by atoms with Crippen molar-refractivity contribution in [3.05, 3.63) is 23.8 Å². The van der Waals surface area contributed by atoms with Gasteiger partial charge in [-0.15, -0.1) is 0 Å². The van der Waals surface area contributed by atoms with Crippen LogP contribution < -0.4 is 14.8 Å². The number of ether oxygens (including phenoxy) is 2. The van der Waals surface area contributed by atoms with E-state index in [2.05, 4.69) is 17.1 Å². The van der Waals surface area contributed by atoms with Gasteiger partial charge in [-0.25, -0.2) is 0 Å². The molecule has 0 aromatic heterocycles. The summed E-state index contributed by atoms with van der Waals surface area (Å²) < 4.78 is 10.7. The van der Waals surface area contributed by atoms with E-state index in [1.54, 1.807) is 32.4 Å². The van der Waals surface area contributed by atoms with Crippen LogP contribution in [0.1, 0.15) is 36.5 Å². The van der Waals surface area contributed by atoms with Crippen LogP contribution in [0.5, 0.6) is 11.5 Å². The first-order valence-corrected chi connectivity index (χ1v) is 11.3. The molecular weight excluding hydrogens is 396 g/mol. The summed E-state index contributed by atoms with van der Waals surface area (Å²) in [5, 5.41) is 3.27. The number of hydrogen-bond donors (Lipinski definition) is 1. The first-order valence-electron chi connectivity index (χ1n) is 11.3. The quantitative estimate of drug-likeness (QED) is 0.637. The van der Waals surface area contributed by atoms with Crippen LogP contribution >= 0.6 is 0 Å². The molecule has 2 heterocycles. The molecule has 8 heteroatoms. The molecule has 2 aliphatic heterocycles. The Kier molecular flexibility index (Phi) is 8.54. The largest absolute Gasteiger partial charge is 0.497 e. The van der Waals surface area contributed by atoms with Gasteiger partial charge in [-0.1, -0.05) is 6.92 Å². The number of amides is 2. The summed E-state index contributed by atoms with van der Waals surface area (Å²) in [5.41, 5.74) is 0.520. The van der Waals surface area contributed by atoms with Crippen LogP contribution in [0, 0.1) is 0 Å². The van der Waals surface area contributed by atoms with Crippen molar-refractivity contribution in [3.63, 3.8) is 0 Å². The summed E-state index contributed by atoms with van der Waals surface area (Å²) in [4.78, 5) is 32.4. The summed E-state index contributed by atoms with van der Waals surface area (Å²) in [5.74, 6) is 1.18. The molecule has 0 unspecified atom stereocenters. The number of methoxy groups -OCH3 is 2. The number of carbonyl (C=O) groups is 2. The number of nitrogens with one attached hydrogen (secondary N) is 1. The van der Waals surface area contributed by atoms with Gasteiger partial charge in [0, 0.05) is 63.4 Å². The van der Waals surface area contributed by atoms with Crippen LogP contribution in [0.3, 0.4) is 0 Å². The number of carbonyl (C=O) groups excluding carboxylic acids is 2. The van der Waals surface area contributed by atoms with Crippen molar-refractivity contribution in [2.24, 2.45) is 0 Å². The predicted molar refractivity (Wildman–Crippen MR) is 120 cm³/mol. The molecule has 172 valence electrons. The van der Waals surface area contributed by atoms with Crippen molar-refractivity contribution in [2.75, 3.05) is 66.6 Å². The van der Waals surface area contributed by atoms with Gasteiger partial charge in [0.2, 0.25) is 5.91 Å². The van der Waals surface area contributed by atoms with Gasteiger partial charge in [0.25, 0.3) is 5.91 Å². The Morgan fingerprint density at radius 1 is 1.10 bits per heavy atom. The molecule has 0 bridgehead atoms. The molecule has 1 N–H and O–H groups in total. The molecule has 31 heavy (non-hydrogen) atoms. The van der Waals surface area contributed by atoms with Crippen LogP contribution in [0.2, 0.25) is 0 Å². The lowest BCUT2D eigenvalue weighted by Gasteiger charge is -2.32. The summed E-state index contributed by atoms with van der Waals surface area (Å²) in [7, 11) is 3.15. The zero-order valence-corrected chi connectivity index (χ0v) is 19.1. The Balaban J connectivity index is 1.75. The fourth-order valence-corrected chi connectivity index (χ4v) is 4.46. The summed E-state index contributed by atoms with van der Waals surface area (Å²) in [6, 6.07) is 5.56. The van der Waals surface area contributed by atoms with E-state index in [1.807, 2.05) is 9.80 Å². The van der Waals surface area contributed by atoms with Crippen molar-refractivity contribution >= 4 is 11.8 Å². The van der Waals surface area contributed by atoms with Crippen LogP contribution in [0.25, 0.3) is 0 Å². The maximum Gasteiger partial charge on any atom is 0.254 e. The third-order valence-corrected chi connectivity index (χ3v) is 6.29. The molecule has 1 aromatic rings. The zero-order chi connectivity index (χ0) is 22.2. The normalized spacial score (nSPS) is 19.3. The predicted octanol–water partition coefficient (Wildman–Crippen LogP) is 1.45. The topological polar surface area (TPSA) is 74.4 Å². The molecule has 2 amide bonds. The highest BCUT2D eigenvalue weighted by atomic mass is 16.5. The van der Waals surface area contributed by atoms with Gasteiger partial charge in [0.1, 0.15) is 11.5 Å². The van der Waals surface area contributed by atoms with E-state index < -0.39 is 0 Å². The van der Waals surface area contributed by atoms with Crippen molar-refractivity contribution in [3.8, 4) is 11.5 Å². The number of rotatable bonds is 9. The Hall–Kier alpha value is -2.32. The molecule has 2 fully saturated rings. The van der Waals surface area contributed by atoms with Gasteiger partial charge in [0.15, 0.2) is 0 Å². The molecule has 0 saturated carbocycles.